The third-order valence-electron chi connectivity index (χ3n) is 5.69. The van der Waals surface area contributed by atoms with Gasteiger partial charge in [-0.2, -0.15) is 0 Å². The molecule has 1 saturated heterocycles. The second kappa shape index (κ2) is 6.20. The first-order chi connectivity index (χ1) is 12.7. The lowest BCUT2D eigenvalue weighted by Gasteiger charge is -2.22. The summed E-state index contributed by atoms with van der Waals surface area (Å²) in [7, 11) is 0. The summed E-state index contributed by atoms with van der Waals surface area (Å²) >= 11 is 1.70. The first-order valence-corrected chi connectivity index (χ1v) is 10.2. The standard InChI is InChI=1S/C20H22N4OS/c1-13-7-8-16-14(11-13)12-17(26-16)20(25)23-10-4-5-15(23)19-22-21-18-6-2-3-9-24(18)19/h2-3,6,9,12-13,15H,4-5,7-8,10-11H2,1H3. The van der Waals surface area contributed by atoms with Gasteiger partial charge in [-0.05, 0) is 61.8 Å². The van der Waals surface area contributed by atoms with Gasteiger partial charge < -0.3 is 4.90 Å². The molecule has 0 N–H and O–H groups in total. The minimum absolute atomic E-state index is 0.0120. The highest BCUT2D eigenvalue weighted by atomic mass is 32.1. The van der Waals surface area contributed by atoms with Crippen LogP contribution in [0.15, 0.2) is 30.5 Å². The average molecular weight is 366 g/mol. The fourth-order valence-corrected chi connectivity index (χ4v) is 5.48. The van der Waals surface area contributed by atoms with Crippen LogP contribution >= 0.6 is 11.3 Å². The van der Waals surface area contributed by atoms with Crippen LogP contribution in [0, 0.1) is 5.92 Å². The molecule has 2 aliphatic rings. The van der Waals surface area contributed by atoms with Crippen molar-refractivity contribution in [3.63, 3.8) is 0 Å². The van der Waals surface area contributed by atoms with E-state index in [1.807, 2.05) is 33.7 Å². The lowest BCUT2D eigenvalue weighted by atomic mass is 9.90. The van der Waals surface area contributed by atoms with Crippen LogP contribution in [0.4, 0.5) is 0 Å². The maximum atomic E-state index is 13.3. The van der Waals surface area contributed by atoms with E-state index in [-0.39, 0.29) is 11.9 Å². The van der Waals surface area contributed by atoms with E-state index in [4.69, 9.17) is 0 Å². The number of carbonyl (C=O) groups is 1. The van der Waals surface area contributed by atoms with Crippen LogP contribution in [0.5, 0.6) is 0 Å². The summed E-state index contributed by atoms with van der Waals surface area (Å²) in [6.07, 6.45) is 7.41. The molecule has 2 atom stereocenters. The largest absolute Gasteiger partial charge is 0.328 e. The van der Waals surface area contributed by atoms with Gasteiger partial charge in [-0.25, -0.2) is 0 Å². The van der Waals surface area contributed by atoms with Crippen LogP contribution in [0.1, 0.15) is 58.2 Å². The van der Waals surface area contributed by atoms with E-state index < -0.39 is 0 Å². The Hall–Kier alpha value is -2.21. The fraction of sp³-hybridized carbons (Fsp3) is 0.450. The Morgan fingerprint density at radius 3 is 3.12 bits per heavy atom. The zero-order chi connectivity index (χ0) is 17.7. The topological polar surface area (TPSA) is 50.5 Å². The normalized spacial score (nSPS) is 22.7. The highest BCUT2D eigenvalue weighted by Gasteiger charge is 2.35. The molecule has 5 rings (SSSR count). The molecule has 4 heterocycles. The molecule has 0 radical (unpaired) electrons. The number of hydrogen-bond donors (Lipinski definition) is 0. The Kier molecular flexibility index (Phi) is 3.81. The van der Waals surface area contributed by atoms with Crippen molar-refractivity contribution in [3.8, 4) is 0 Å². The Morgan fingerprint density at radius 1 is 1.27 bits per heavy atom. The minimum atomic E-state index is 0.0120. The molecule has 0 aromatic carbocycles. The van der Waals surface area contributed by atoms with Gasteiger partial charge in [-0.1, -0.05) is 13.0 Å². The number of hydrogen-bond acceptors (Lipinski definition) is 4. The zero-order valence-electron chi connectivity index (χ0n) is 14.9. The first kappa shape index (κ1) is 16.0. The Bertz CT molecular complexity index is 975. The average Bonchev–Trinajstić information content (AvgIpc) is 3.37. The van der Waals surface area contributed by atoms with Gasteiger partial charge in [-0.3, -0.25) is 9.20 Å². The fourth-order valence-electron chi connectivity index (χ4n) is 4.32. The highest BCUT2D eigenvalue weighted by molar-refractivity contribution is 7.14. The molecule has 1 aliphatic carbocycles. The highest BCUT2D eigenvalue weighted by Crippen LogP contribution is 2.36. The van der Waals surface area contributed by atoms with Crippen LogP contribution in [0.25, 0.3) is 5.65 Å². The van der Waals surface area contributed by atoms with Gasteiger partial charge in [0.25, 0.3) is 5.91 Å². The second-order valence-corrected chi connectivity index (χ2v) is 8.69. The molecule has 134 valence electrons. The third kappa shape index (κ3) is 2.55. The maximum absolute atomic E-state index is 13.3. The molecule has 3 aromatic heterocycles. The number of amides is 1. The number of fused-ring (bicyclic) bond motifs is 2. The van der Waals surface area contributed by atoms with Gasteiger partial charge in [0.05, 0.1) is 10.9 Å². The van der Waals surface area contributed by atoms with E-state index in [2.05, 4.69) is 23.2 Å². The Labute approximate surface area is 156 Å². The lowest BCUT2D eigenvalue weighted by molar-refractivity contribution is 0.0734. The van der Waals surface area contributed by atoms with E-state index in [9.17, 15) is 4.79 Å². The van der Waals surface area contributed by atoms with Crippen molar-refractivity contribution in [2.45, 2.75) is 45.1 Å². The predicted octanol–water partition coefficient (Wildman–Crippen LogP) is 3.89. The molecule has 1 amide bonds. The van der Waals surface area contributed by atoms with Crippen LogP contribution < -0.4 is 0 Å². The second-order valence-electron chi connectivity index (χ2n) is 7.55. The molecule has 0 saturated carbocycles. The third-order valence-corrected chi connectivity index (χ3v) is 6.92. The summed E-state index contributed by atoms with van der Waals surface area (Å²) in [6, 6.07) is 8.05. The van der Waals surface area contributed by atoms with Crippen molar-refractivity contribution in [1.29, 1.82) is 0 Å². The molecule has 0 spiro atoms. The number of pyridine rings is 1. The van der Waals surface area contributed by atoms with Crippen LogP contribution in [-0.2, 0) is 12.8 Å². The summed E-state index contributed by atoms with van der Waals surface area (Å²) < 4.78 is 2.01. The van der Waals surface area contributed by atoms with E-state index in [0.29, 0.717) is 0 Å². The smallest absolute Gasteiger partial charge is 0.264 e. The number of nitrogens with zero attached hydrogens (tertiary/aromatic N) is 4. The SMILES string of the molecule is CC1CCc2sc(C(=O)N3CCCC3c3nnc4ccccn34)cc2C1. The van der Waals surface area contributed by atoms with Crippen molar-refractivity contribution >= 4 is 22.9 Å². The maximum Gasteiger partial charge on any atom is 0.264 e. The van der Waals surface area contributed by atoms with Gasteiger partial charge in [0.1, 0.15) is 0 Å². The molecule has 5 nitrogen and oxygen atoms in total. The van der Waals surface area contributed by atoms with Crippen LogP contribution in [0.3, 0.4) is 0 Å². The number of thiophene rings is 1. The van der Waals surface area contributed by atoms with E-state index in [0.717, 1.165) is 54.5 Å². The van der Waals surface area contributed by atoms with Crippen molar-refractivity contribution in [3.05, 3.63) is 51.6 Å². The molecule has 3 aromatic rings. The molecule has 1 aliphatic heterocycles. The molecule has 6 heteroatoms. The monoisotopic (exact) mass is 366 g/mol. The van der Waals surface area contributed by atoms with E-state index in [1.54, 1.807) is 11.3 Å². The lowest BCUT2D eigenvalue weighted by Crippen LogP contribution is -2.31. The van der Waals surface area contributed by atoms with Crippen molar-refractivity contribution < 1.29 is 4.79 Å². The van der Waals surface area contributed by atoms with E-state index >= 15 is 0 Å². The van der Waals surface area contributed by atoms with Crippen LogP contribution in [0.2, 0.25) is 0 Å². The zero-order valence-corrected chi connectivity index (χ0v) is 15.7. The van der Waals surface area contributed by atoms with Crippen molar-refractivity contribution in [2.24, 2.45) is 5.92 Å². The molecule has 26 heavy (non-hydrogen) atoms. The Morgan fingerprint density at radius 2 is 2.19 bits per heavy atom. The van der Waals surface area contributed by atoms with Crippen LogP contribution in [-0.4, -0.2) is 31.9 Å². The Balaban J connectivity index is 1.46. The minimum Gasteiger partial charge on any atom is -0.328 e. The number of carbonyl (C=O) groups excluding carboxylic acids is 1. The predicted molar refractivity (Wildman–Crippen MR) is 102 cm³/mol. The number of aromatic nitrogens is 3. The molecular weight excluding hydrogens is 344 g/mol. The number of likely N-dealkylation sites (tertiary alicyclic amines) is 1. The molecule has 2 unspecified atom stereocenters. The van der Waals surface area contributed by atoms with Gasteiger partial charge in [-0.15, -0.1) is 21.5 Å². The molecule has 0 bridgehead atoms. The van der Waals surface area contributed by atoms with E-state index in [1.165, 1.54) is 16.9 Å². The van der Waals surface area contributed by atoms with Gasteiger partial charge in [0.15, 0.2) is 11.5 Å². The molecular formula is C20H22N4OS. The van der Waals surface area contributed by atoms with Gasteiger partial charge in [0, 0.05) is 17.6 Å². The van der Waals surface area contributed by atoms with Gasteiger partial charge >= 0.3 is 0 Å². The molecule has 1 fully saturated rings. The number of rotatable bonds is 2. The quantitative estimate of drug-likeness (QED) is 0.691. The number of aryl methyl sites for hydroxylation is 1. The summed E-state index contributed by atoms with van der Waals surface area (Å²) in [5, 5.41) is 8.67. The van der Waals surface area contributed by atoms with Crippen molar-refractivity contribution in [2.75, 3.05) is 6.54 Å². The van der Waals surface area contributed by atoms with Gasteiger partial charge in [0.2, 0.25) is 0 Å². The summed E-state index contributed by atoms with van der Waals surface area (Å²) in [5.74, 6) is 1.76. The summed E-state index contributed by atoms with van der Waals surface area (Å²) in [6.45, 7) is 3.10. The first-order valence-electron chi connectivity index (χ1n) is 9.43. The summed E-state index contributed by atoms with van der Waals surface area (Å²) in [4.78, 5) is 17.6. The summed E-state index contributed by atoms with van der Waals surface area (Å²) in [5.41, 5.74) is 2.23. The van der Waals surface area contributed by atoms with Crippen molar-refractivity contribution in [1.82, 2.24) is 19.5 Å².